The molecule has 1 unspecified atom stereocenters. The molecule has 7 heteroatoms. The summed E-state index contributed by atoms with van der Waals surface area (Å²) in [5, 5.41) is 0. The van der Waals surface area contributed by atoms with Gasteiger partial charge in [-0.15, -0.1) is 0 Å². The van der Waals surface area contributed by atoms with E-state index in [1.54, 1.807) is 19.1 Å². The van der Waals surface area contributed by atoms with E-state index in [1.165, 1.54) is 0 Å². The van der Waals surface area contributed by atoms with Gasteiger partial charge in [-0.25, -0.2) is 21.6 Å². The van der Waals surface area contributed by atoms with Crippen LogP contribution in [0.5, 0.6) is 0 Å². The van der Waals surface area contributed by atoms with Crippen molar-refractivity contribution in [3.8, 4) is 0 Å². The van der Waals surface area contributed by atoms with E-state index < -0.39 is 19.9 Å². The van der Waals surface area contributed by atoms with E-state index in [0.717, 1.165) is 5.56 Å². The molecule has 1 N–H and O–H groups in total. The number of sulfone groups is 1. The Labute approximate surface area is 120 Å². The van der Waals surface area contributed by atoms with Gasteiger partial charge in [0.25, 0.3) is 0 Å². The molecule has 0 radical (unpaired) electrons. The highest BCUT2D eigenvalue weighted by Gasteiger charge is 2.29. The zero-order valence-electron chi connectivity index (χ0n) is 11.6. The van der Waals surface area contributed by atoms with Crippen molar-refractivity contribution >= 4 is 19.9 Å². The van der Waals surface area contributed by atoms with Gasteiger partial charge in [0.1, 0.15) is 0 Å². The Balaban J connectivity index is 2.08. The molecule has 0 amide bonds. The van der Waals surface area contributed by atoms with Gasteiger partial charge >= 0.3 is 0 Å². The lowest BCUT2D eigenvalue weighted by atomic mass is 10.1. The van der Waals surface area contributed by atoms with Gasteiger partial charge in [0.15, 0.2) is 9.84 Å². The molecule has 1 aliphatic rings. The molecule has 2 rings (SSSR count). The van der Waals surface area contributed by atoms with Gasteiger partial charge in [-0.3, -0.25) is 0 Å². The van der Waals surface area contributed by atoms with Crippen molar-refractivity contribution in [3.05, 3.63) is 29.3 Å². The molecule has 0 spiro atoms. The highest BCUT2D eigenvalue weighted by atomic mass is 32.2. The summed E-state index contributed by atoms with van der Waals surface area (Å²) >= 11 is 0. The minimum absolute atomic E-state index is 0.0718. The molecule has 1 aromatic rings. The molecule has 0 aliphatic carbocycles. The summed E-state index contributed by atoms with van der Waals surface area (Å²) in [6.07, 6.45) is 0.526. The van der Waals surface area contributed by atoms with Crippen LogP contribution >= 0.6 is 0 Å². The zero-order chi connectivity index (χ0) is 15.0. The summed E-state index contributed by atoms with van der Waals surface area (Å²) in [5.41, 5.74) is 1.69. The molecule has 0 bridgehead atoms. The fourth-order valence-corrected chi connectivity index (χ4v) is 5.64. The van der Waals surface area contributed by atoms with E-state index in [-0.39, 0.29) is 28.9 Å². The fraction of sp³-hybridized carbons (Fsp3) is 0.538. The lowest BCUT2D eigenvalue weighted by molar-refractivity contribution is 0.543. The minimum atomic E-state index is -3.58. The van der Waals surface area contributed by atoms with Crippen LogP contribution in [0.4, 0.5) is 0 Å². The van der Waals surface area contributed by atoms with Crippen LogP contribution in [0.2, 0.25) is 0 Å². The largest absolute Gasteiger partial charge is 0.240 e. The standard InChI is InChI=1S/C13H19NO4S2/c1-10-3-4-13(11(2)7-10)20(17,18)14-8-12-5-6-19(15,16)9-12/h3-4,7,12,14H,5-6,8-9H2,1-2H3. The highest BCUT2D eigenvalue weighted by Crippen LogP contribution is 2.20. The minimum Gasteiger partial charge on any atom is -0.229 e. The summed E-state index contributed by atoms with van der Waals surface area (Å²) in [5.74, 6) is 0.103. The van der Waals surface area contributed by atoms with Gasteiger partial charge in [0.05, 0.1) is 16.4 Å². The van der Waals surface area contributed by atoms with Crippen LogP contribution in [0.1, 0.15) is 17.5 Å². The maximum absolute atomic E-state index is 12.2. The molecule has 1 fully saturated rings. The van der Waals surface area contributed by atoms with Crippen molar-refractivity contribution in [3.63, 3.8) is 0 Å². The topological polar surface area (TPSA) is 80.3 Å². The monoisotopic (exact) mass is 317 g/mol. The maximum Gasteiger partial charge on any atom is 0.240 e. The average Bonchev–Trinajstić information content (AvgIpc) is 2.66. The van der Waals surface area contributed by atoms with Gasteiger partial charge < -0.3 is 0 Å². The van der Waals surface area contributed by atoms with E-state index in [1.807, 2.05) is 13.0 Å². The summed E-state index contributed by atoms with van der Waals surface area (Å²) in [7, 11) is -6.55. The van der Waals surface area contributed by atoms with E-state index >= 15 is 0 Å². The van der Waals surface area contributed by atoms with Crippen LogP contribution in [0.3, 0.4) is 0 Å². The molecule has 5 nitrogen and oxygen atoms in total. The third-order valence-electron chi connectivity index (χ3n) is 3.51. The smallest absolute Gasteiger partial charge is 0.229 e. The Kier molecular flexibility index (Phi) is 4.22. The third-order valence-corrected chi connectivity index (χ3v) is 6.93. The second kappa shape index (κ2) is 5.46. The number of hydrogen-bond donors (Lipinski definition) is 1. The van der Waals surface area contributed by atoms with E-state index in [9.17, 15) is 16.8 Å². The molecule has 1 aromatic carbocycles. The Morgan fingerprint density at radius 2 is 2.00 bits per heavy atom. The zero-order valence-corrected chi connectivity index (χ0v) is 13.2. The number of benzene rings is 1. The molecule has 20 heavy (non-hydrogen) atoms. The SMILES string of the molecule is Cc1ccc(S(=O)(=O)NCC2CCS(=O)(=O)C2)c(C)c1. The van der Waals surface area contributed by atoms with E-state index in [0.29, 0.717) is 12.0 Å². The quantitative estimate of drug-likeness (QED) is 0.899. The van der Waals surface area contributed by atoms with Crippen LogP contribution in [-0.4, -0.2) is 34.9 Å². The van der Waals surface area contributed by atoms with Crippen LogP contribution in [0.25, 0.3) is 0 Å². The lowest BCUT2D eigenvalue weighted by Crippen LogP contribution is -2.30. The molecular formula is C13H19NO4S2. The van der Waals surface area contributed by atoms with Crippen LogP contribution < -0.4 is 4.72 Å². The first-order chi connectivity index (χ1) is 9.20. The number of rotatable bonds is 4. The molecule has 1 saturated heterocycles. The maximum atomic E-state index is 12.2. The molecule has 112 valence electrons. The predicted molar refractivity (Wildman–Crippen MR) is 77.9 cm³/mol. The van der Waals surface area contributed by atoms with Crippen LogP contribution in [-0.2, 0) is 19.9 Å². The van der Waals surface area contributed by atoms with Crippen molar-refractivity contribution < 1.29 is 16.8 Å². The molecule has 1 heterocycles. The van der Waals surface area contributed by atoms with Gasteiger partial charge in [-0.05, 0) is 37.8 Å². The molecule has 0 saturated carbocycles. The number of aryl methyl sites for hydroxylation is 2. The summed E-state index contributed by atoms with van der Waals surface area (Å²) < 4.78 is 49.7. The second-order valence-electron chi connectivity index (χ2n) is 5.39. The van der Waals surface area contributed by atoms with Crippen molar-refractivity contribution in [1.29, 1.82) is 0 Å². The van der Waals surface area contributed by atoms with Crippen LogP contribution in [0, 0.1) is 19.8 Å². The number of nitrogens with one attached hydrogen (secondary N) is 1. The second-order valence-corrected chi connectivity index (χ2v) is 9.35. The molecular weight excluding hydrogens is 298 g/mol. The summed E-state index contributed by atoms with van der Waals surface area (Å²) in [6.45, 7) is 3.83. The summed E-state index contributed by atoms with van der Waals surface area (Å²) in [4.78, 5) is 0.254. The Morgan fingerprint density at radius 3 is 2.55 bits per heavy atom. The van der Waals surface area contributed by atoms with Gasteiger partial charge in [-0.1, -0.05) is 17.7 Å². The van der Waals surface area contributed by atoms with Gasteiger partial charge in [0, 0.05) is 6.54 Å². The Hall–Kier alpha value is -0.920. The average molecular weight is 317 g/mol. The third kappa shape index (κ3) is 3.59. The fourth-order valence-electron chi connectivity index (χ4n) is 2.44. The van der Waals surface area contributed by atoms with Gasteiger partial charge in [-0.2, -0.15) is 0 Å². The predicted octanol–water partition coefficient (Wildman–Crippen LogP) is 1.02. The lowest BCUT2D eigenvalue weighted by Gasteiger charge is -2.12. The molecule has 0 aromatic heterocycles. The van der Waals surface area contributed by atoms with Crippen molar-refractivity contribution in [2.24, 2.45) is 5.92 Å². The van der Waals surface area contributed by atoms with Crippen molar-refractivity contribution in [2.75, 3.05) is 18.1 Å². The van der Waals surface area contributed by atoms with Crippen LogP contribution in [0.15, 0.2) is 23.1 Å². The normalized spacial score (nSPS) is 22.0. The van der Waals surface area contributed by atoms with Crippen molar-refractivity contribution in [1.82, 2.24) is 4.72 Å². The first-order valence-electron chi connectivity index (χ1n) is 6.47. The first kappa shape index (κ1) is 15.5. The van der Waals surface area contributed by atoms with E-state index in [4.69, 9.17) is 0 Å². The number of sulfonamides is 1. The van der Waals surface area contributed by atoms with E-state index in [2.05, 4.69) is 4.72 Å². The molecule has 1 aliphatic heterocycles. The first-order valence-corrected chi connectivity index (χ1v) is 9.77. The summed E-state index contributed by atoms with van der Waals surface area (Å²) in [6, 6.07) is 5.15. The Bertz CT molecular complexity index is 708. The van der Waals surface area contributed by atoms with Gasteiger partial charge in [0.2, 0.25) is 10.0 Å². The Morgan fingerprint density at radius 1 is 1.30 bits per heavy atom. The molecule has 1 atom stereocenters. The van der Waals surface area contributed by atoms with Crippen molar-refractivity contribution in [2.45, 2.75) is 25.2 Å². The highest BCUT2D eigenvalue weighted by molar-refractivity contribution is 7.91. The number of hydrogen-bond acceptors (Lipinski definition) is 4.